The Bertz CT molecular complexity index is 718. The molecule has 0 amide bonds. The highest BCUT2D eigenvalue weighted by Gasteiger charge is 2.42. The van der Waals surface area contributed by atoms with Gasteiger partial charge in [0.25, 0.3) is 0 Å². The molecule has 4 rings (SSSR count). The van der Waals surface area contributed by atoms with E-state index in [0.717, 1.165) is 36.5 Å². The smallest absolute Gasteiger partial charge is 0.229 e. The van der Waals surface area contributed by atoms with Crippen LogP contribution in [0.4, 0.5) is 17.5 Å². The lowest BCUT2D eigenvalue weighted by Gasteiger charge is -2.20. The average Bonchev–Trinajstić information content (AvgIpc) is 3.27. The number of hydrogen-bond donors (Lipinski definition) is 2. The third kappa shape index (κ3) is 2.94. The molecule has 24 heavy (non-hydrogen) atoms. The van der Waals surface area contributed by atoms with Gasteiger partial charge in [-0.1, -0.05) is 6.92 Å². The molecule has 128 valence electrons. The summed E-state index contributed by atoms with van der Waals surface area (Å²) in [6.07, 6.45) is 7.63. The highest BCUT2D eigenvalue weighted by molar-refractivity contribution is 5.55. The zero-order valence-electron chi connectivity index (χ0n) is 13.9. The van der Waals surface area contributed by atoms with Crippen molar-refractivity contribution in [1.29, 1.82) is 0 Å². The Morgan fingerprint density at radius 2 is 2.25 bits per heavy atom. The Morgan fingerprint density at radius 1 is 1.33 bits per heavy atom. The Balaban J connectivity index is 1.53. The third-order valence-electron chi connectivity index (χ3n) is 4.49. The quantitative estimate of drug-likeness (QED) is 0.859. The number of rotatable bonds is 5. The summed E-state index contributed by atoms with van der Waals surface area (Å²) >= 11 is 0. The molecule has 3 atom stereocenters. The fourth-order valence-corrected chi connectivity index (χ4v) is 3.23. The topological polar surface area (TPSA) is 86.1 Å². The fraction of sp³-hybridized carbons (Fsp3) is 0.562. The summed E-state index contributed by atoms with van der Waals surface area (Å²) in [5.74, 6) is 1.38. The summed E-state index contributed by atoms with van der Waals surface area (Å²) in [7, 11) is 1.87. The number of fused-ring (bicyclic) bond motifs is 1. The average molecular weight is 330 g/mol. The number of hydrogen-bond acceptors (Lipinski definition) is 7. The van der Waals surface area contributed by atoms with E-state index in [9.17, 15) is 0 Å². The number of anilines is 3. The van der Waals surface area contributed by atoms with Crippen molar-refractivity contribution < 1.29 is 9.47 Å². The molecule has 4 heterocycles. The zero-order chi connectivity index (χ0) is 16.5. The molecule has 2 N–H and O–H groups in total. The van der Waals surface area contributed by atoms with Gasteiger partial charge in [0.05, 0.1) is 30.6 Å². The summed E-state index contributed by atoms with van der Waals surface area (Å²) in [6, 6.07) is 0.129. The van der Waals surface area contributed by atoms with Gasteiger partial charge in [0.15, 0.2) is 0 Å². The zero-order valence-corrected chi connectivity index (χ0v) is 13.9. The van der Waals surface area contributed by atoms with Gasteiger partial charge in [-0.15, -0.1) is 0 Å². The van der Waals surface area contributed by atoms with Crippen LogP contribution in [0.25, 0.3) is 0 Å². The molecule has 8 nitrogen and oxygen atoms in total. The minimum absolute atomic E-state index is 0.111. The molecule has 2 fully saturated rings. The lowest BCUT2D eigenvalue weighted by molar-refractivity contribution is 0.0718. The first-order valence-corrected chi connectivity index (χ1v) is 8.34. The molecular weight excluding hydrogens is 308 g/mol. The molecule has 0 aliphatic carbocycles. The molecule has 3 unspecified atom stereocenters. The Hall–Kier alpha value is -2.19. The number of aryl methyl sites for hydroxylation is 2. The lowest BCUT2D eigenvalue weighted by Crippen LogP contribution is -2.35. The van der Waals surface area contributed by atoms with Gasteiger partial charge in [-0.2, -0.15) is 10.1 Å². The predicted octanol–water partition coefficient (Wildman–Crippen LogP) is 1.48. The van der Waals surface area contributed by atoms with Gasteiger partial charge >= 0.3 is 0 Å². The van der Waals surface area contributed by atoms with Gasteiger partial charge in [0, 0.05) is 31.6 Å². The van der Waals surface area contributed by atoms with Crippen LogP contribution in [0.1, 0.15) is 18.9 Å². The molecule has 2 saturated heterocycles. The maximum Gasteiger partial charge on any atom is 0.229 e. The fourth-order valence-electron chi connectivity index (χ4n) is 3.23. The largest absolute Gasteiger partial charge is 0.373 e. The van der Waals surface area contributed by atoms with Crippen LogP contribution in [0, 0.1) is 0 Å². The van der Waals surface area contributed by atoms with E-state index in [2.05, 4.69) is 32.6 Å². The van der Waals surface area contributed by atoms with Crippen LogP contribution in [-0.4, -0.2) is 51.2 Å². The predicted molar refractivity (Wildman–Crippen MR) is 89.4 cm³/mol. The number of ether oxygens (including phenoxy) is 2. The van der Waals surface area contributed by atoms with Crippen LogP contribution < -0.4 is 10.6 Å². The van der Waals surface area contributed by atoms with Crippen LogP contribution in [0.15, 0.2) is 18.6 Å². The van der Waals surface area contributed by atoms with E-state index in [1.807, 2.05) is 19.4 Å². The summed E-state index contributed by atoms with van der Waals surface area (Å²) in [5, 5.41) is 10.8. The van der Waals surface area contributed by atoms with Crippen molar-refractivity contribution in [2.75, 3.05) is 23.8 Å². The van der Waals surface area contributed by atoms with Crippen LogP contribution >= 0.6 is 0 Å². The minimum atomic E-state index is 0.111. The molecule has 2 aromatic heterocycles. The monoisotopic (exact) mass is 330 g/mol. The summed E-state index contributed by atoms with van der Waals surface area (Å²) in [4.78, 5) is 9.04. The Labute approximate surface area is 140 Å². The molecule has 0 radical (unpaired) electrons. The first-order valence-electron chi connectivity index (χ1n) is 8.34. The Kier molecular flexibility index (Phi) is 4.07. The molecule has 0 spiro atoms. The van der Waals surface area contributed by atoms with Crippen molar-refractivity contribution in [2.24, 2.45) is 7.05 Å². The van der Waals surface area contributed by atoms with Gasteiger partial charge in [-0.3, -0.25) is 4.68 Å². The number of nitrogens with zero attached hydrogens (tertiary/aromatic N) is 4. The van der Waals surface area contributed by atoms with Gasteiger partial charge in [-0.05, 0) is 12.8 Å². The van der Waals surface area contributed by atoms with Gasteiger partial charge in [0.2, 0.25) is 5.95 Å². The van der Waals surface area contributed by atoms with Gasteiger partial charge in [-0.25, -0.2) is 4.98 Å². The second-order valence-electron chi connectivity index (χ2n) is 6.20. The maximum absolute atomic E-state index is 5.81. The van der Waals surface area contributed by atoms with Crippen LogP contribution in [-0.2, 0) is 22.9 Å². The van der Waals surface area contributed by atoms with E-state index >= 15 is 0 Å². The van der Waals surface area contributed by atoms with E-state index in [1.165, 1.54) is 0 Å². The van der Waals surface area contributed by atoms with Crippen LogP contribution in [0.2, 0.25) is 0 Å². The van der Waals surface area contributed by atoms with Gasteiger partial charge < -0.3 is 20.1 Å². The van der Waals surface area contributed by atoms with Crippen LogP contribution in [0.5, 0.6) is 0 Å². The first-order chi connectivity index (χ1) is 11.7. The van der Waals surface area contributed by atoms with Crippen molar-refractivity contribution in [2.45, 2.75) is 38.0 Å². The summed E-state index contributed by atoms with van der Waals surface area (Å²) in [5.41, 5.74) is 1.93. The molecule has 8 heteroatoms. The standard InChI is InChI=1S/C16H22N6O2/c1-3-10-6-17-16(19-11-7-18-22(2)8-11)21-15(10)20-12-9-24-13-4-5-23-14(12)13/h6-8,12-14H,3-5,9H2,1-2H3,(H2,17,19,20,21). The summed E-state index contributed by atoms with van der Waals surface area (Å²) in [6.45, 7) is 3.51. The second-order valence-corrected chi connectivity index (χ2v) is 6.20. The summed E-state index contributed by atoms with van der Waals surface area (Å²) < 4.78 is 13.3. The Morgan fingerprint density at radius 3 is 3.04 bits per heavy atom. The number of nitrogens with one attached hydrogen (secondary N) is 2. The normalized spacial score (nSPS) is 25.7. The highest BCUT2D eigenvalue weighted by Crippen LogP contribution is 2.29. The van der Waals surface area contributed by atoms with E-state index in [4.69, 9.17) is 9.47 Å². The van der Waals surface area contributed by atoms with E-state index < -0.39 is 0 Å². The second kappa shape index (κ2) is 6.37. The van der Waals surface area contributed by atoms with E-state index in [-0.39, 0.29) is 18.2 Å². The molecule has 2 aromatic rings. The van der Waals surface area contributed by atoms with Crippen molar-refractivity contribution in [3.63, 3.8) is 0 Å². The van der Waals surface area contributed by atoms with Gasteiger partial charge in [0.1, 0.15) is 11.9 Å². The molecule has 0 bridgehead atoms. The van der Waals surface area contributed by atoms with Crippen molar-refractivity contribution in [3.8, 4) is 0 Å². The molecule has 2 aliphatic rings. The third-order valence-corrected chi connectivity index (χ3v) is 4.49. The SMILES string of the molecule is CCc1cnc(Nc2cnn(C)c2)nc1NC1COC2CCOC12. The van der Waals surface area contributed by atoms with Crippen molar-refractivity contribution in [1.82, 2.24) is 19.7 Å². The number of aromatic nitrogens is 4. The molecular formula is C16H22N6O2. The minimum Gasteiger partial charge on any atom is -0.373 e. The molecule has 0 saturated carbocycles. The first kappa shape index (κ1) is 15.3. The van der Waals surface area contributed by atoms with E-state index in [1.54, 1.807) is 10.9 Å². The highest BCUT2D eigenvalue weighted by atomic mass is 16.6. The molecule has 2 aliphatic heterocycles. The lowest BCUT2D eigenvalue weighted by atomic mass is 10.1. The van der Waals surface area contributed by atoms with Crippen LogP contribution in [0.3, 0.4) is 0 Å². The van der Waals surface area contributed by atoms with E-state index in [0.29, 0.717) is 12.6 Å². The molecule has 0 aromatic carbocycles. The van der Waals surface area contributed by atoms with Crippen molar-refractivity contribution >= 4 is 17.5 Å². The van der Waals surface area contributed by atoms with Crippen molar-refractivity contribution in [3.05, 3.63) is 24.2 Å². The maximum atomic E-state index is 5.81.